The summed E-state index contributed by atoms with van der Waals surface area (Å²) in [7, 11) is 0. The minimum atomic E-state index is -0.743. The highest BCUT2D eigenvalue weighted by Gasteiger charge is 2.11. The number of carbonyl (C=O) groups excluding carboxylic acids is 1. The number of carbonyl (C=O) groups is 1. The molecule has 1 heterocycles. The lowest BCUT2D eigenvalue weighted by molar-refractivity contribution is 0.0953. The molecule has 0 unspecified atom stereocenters. The van der Waals surface area contributed by atoms with E-state index in [9.17, 15) is 13.6 Å². The number of halogens is 2. The van der Waals surface area contributed by atoms with E-state index in [1.165, 1.54) is 36.9 Å². The van der Waals surface area contributed by atoms with Crippen LogP contribution in [0.5, 0.6) is 0 Å². The third-order valence-electron chi connectivity index (χ3n) is 4.23. The van der Waals surface area contributed by atoms with Crippen molar-refractivity contribution < 1.29 is 13.6 Å². The Kier molecular flexibility index (Phi) is 5.88. The van der Waals surface area contributed by atoms with Crippen molar-refractivity contribution in [1.82, 2.24) is 15.3 Å². The lowest BCUT2D eigenvalue weighted by Gasteiger charge is -2.13. The van der Waals surface area contributed by atoms with E-state index in [0.29, 0.717) is 12.1 Å². The van der Waals surface area contributed by atoms with Gasteiger partial charge in [-0.15, -0.1) is 0 Å². The Labute approximate surface area is 150 Å². The van der Waals surface area contributed by atoms with E-state index in [2.05, 4.69) is 26.7 Å². The molecular weight excluding hydrogens is 338 g/mol. The van der Waals surface area contributed by atoms with Crippen molar-refractivity contribution in [2.75, 3.05) is 11.9 Å². The third kappa shape index (κ3) is 4.62. The molecule has 2 aromatic rings. The van der Waals surface area contributed by atoms with Gasteiger partial charge in [0.05, 0.1) is 5.56 Å². The highest BCUT2D eigenvalue weighted by Crippen LogP contribution is 2.21. The summed E-state index contributed by atoms with van der Waals surface area (Å²) in [5.74, 6) is -1.75. The van der Waals surface area contributed by atoms with Crippen LogP contribution >= 0.6 is 0 Å². The number of hydrogen-bond acceptors (Lipinski definition) is 4. The molecule has 0 spiro atoms. The fourth-order valence-electron chi connectivity index (χ4n) is 2.81. The van der Waals surface area contributed by atoms with Crippen molar-refractivity contribution in [1.29, 1.82) is 0 Å². The predicted octanol–water partition coefficient (Wildman–Crippen LogP) is 4.12. The molecule has 1 aromatic carbocycles. The van der Waals surface area contributed by atoms with Crippen LogP contribution in [0.15, 0.2) is 42.2 Å². The third-order valence-corrected chi connectivity index (χ3v) is 4.23. The molecule has 7 heteroatoms. The number of allylic oxidation sites excluding steroid dienone is 1. The van der Waals surface area contributed by atoms with Crippen LogP contribution in [0.25, 0.3) is 0 Å². The van der Waals surface area contributed by atoms with Crippen molar-refractivity contribution in [3.8, 4) is 0 Å². The molecule has 0 atom stereocenters. The molecule has 1 aliphatic carbocycles. The van der Waals surface area contributed by atoms with Gasteiger partial charge in [-0.3, -0.25) is 4.79 Å². The summed E-state index contributed by atoms with van der Waals surface area (Å²) in [6.45, 7) is 0.561. The minimum Gasteiger partial charge on any atom is -0.352 e. The molecule has 5 nitrogen and oxygen atoms in total. The van der Waals surface area contributed by atoms with Crippen LogP contribution < -0.4 is 10.6 Å². The van der Waals surface area contributed by atoms with Crippen LogP contribution in [-0.2, 0) is 0 Å². The summed E-state index contributed by atoms with van der Waals surface area (Å²) in [6, 6.07) is 3.54. The second-order valence-electron chi connectivity index (χ2n) is 6.13. The van der Waals surface area contributed by atoms with E-state index in [4.69, 9.17) is 0 Å². The van der Waals surface area contributed by atoms with E-state index < -0.39 is 11.6 Å². The first kappa shape index (κ1) is 18.0. The molecule has 0 radical (unpaired) electrons. The highest BCUT2D eigenvalue weighted by atomic mass is 19.1. The zero-order valence-corrected chi connectivity index (χ0v) is 14.3. The molecule has 3 rings (SSSR count). The molecule has 0 bridgehead atoms. The maximum atomic E-state index is 13.6. The first-order valence-electron chi connectivity index (χ1n) is 8.62. The number of rotatable bonds is 6. The molecule has 2 N–H and O–H groups in total. The zero-order chi connectivity index (χ0) is 18.4. The van der Waals surface area contributed by atoms with Gasteiger partial charge >= 0.3 is 0 Å². The average Bonchev–Trinajstić information content (AvgIpc) is 2.66. The van der Waals surface area contributed by atoms with Gasteiger partial charge in [-0.1, -0.05) is 17.7 Å². The molecule has 136 valence electrons. The largest absolute Gasteiger partial charge is 0.352 e. The van der Waals surface area contributed by atoms with Gasteiger partial charge in [-0.25, -0.2) is 18.7 Å². The maximum Gasteiger partial charge on any atom is 0.254 e. The van der Waals surface area contributed by atoms with Crippen LogP contribution in [0, 0.1) is 11.6 Å². The van der Waals surface area contributed by atoms with Gasteiger partial charge in [-0.05, 0) is 44.2 Å². The number of amides is 1. The smallest absolute Gasteiger partial charge is 0.254 e. The average molecular weight is 358 g/mol. The second-order valence-corrected chi connectivity index (χ2v) is 6.13. The molecule has 0 aliphatic heterocycles. The Balaban J connectivity index is 1.55. The van der Waals surface area contributed by atoms with Gasteiger partial charge in [-0.2, -0.15) is 0 Å². The molecule has 0 saturated heterocycles. The van der Waals surface area contributed by atoms with Crippen molar-refractivity contribution >= 4 is 17.5 Å². The lowest BCUT2D eigenvalue weighted by Crippen LogP contribution is -2.25. The first-order chi connectivity index (χ1) is 12.6. The van der Waals surface area contributed by atoms with Crippen LogP contribution in [0.3, 0.4) is 0 Å². The Hall–Kier alpha value is -2.83. The topological polar surface area (TPSA) is 66.9 Å². The molecule has 1 aliphatic rings. The molecule has 1 amide bonds. The SMILES string of the molecule is O=C(NCCC1=CCCCC1)c1cnc(Nc2c(F)cccc2F)nc1. The van der Waals surface area contributed by atoms with E-state index >= 15 is 0 Å². The van der Waals surface area contributed by atoms with Crippen LogP contribution in [0.2, 0.25) is 0 Å². The quantitative estimate of drug-likeness (QED) is 0.763. The van der Waals surface area contributed by atoms with Gasteiger partial charge in [0.25, 0.3) is 5.91 Å². The van der Waals surface area contributed by atoms with Gasteiger partial charge in [0.2, 0.25) is 5.95 Å². The standard InChI is InChI=1S/C19H20F2N4O/c20-15-7-4-8-16(21)17(15)25-19-23-11-14(12-24-19)18(26)22-10-9-13-5-2-1-3-6-13/h4-5,7-8,11-12H,1-3,6,9-10H2,(H,22,26)(H,23,24,25). The summed E-state index contributed by atoms with van der Waals surface area (Å²) in [4.78, 5) is 20.0. The number of para-hydroxylation sites is 1. The normalized spacial score (nSPS) is 13.8. The Morgan fingerprint density at radius 3 is 2.50 bits per heavy atom. The summed E-state index contributed by atoms with van der Waals surface area (Å²) in [5.41, 5.74) is 1.35. The molecule has 0 saturated carbocycles. The van der Waals surface area contributed by atoms with Gasteiger partial charge in [0.1, 0.15) is 17.3 Å². The van der Waals surface area contributed by atoms with E-state index in [0.717, 1.165) is 31.4 Å². The first-order valence-corrected chi connectivity index (χ1v) is 8.62. The summed E-state index contributed by atoms with van der Waals surface area (Å²) >= 11 is 0. The highest BCUT2D eigenvalue weighted by molar-refractivity contribution is 5.93. The molecule has 1 aromatic heterocycles. The Bertz CT molecular complexity index is 785. The molecular formula is C19H20F2N4O. The molecule has 26 heavy (non-hydrogen) atoms. The van der Waals surface area contributed by atoms with Gasteiger partial charge in [0.15, 0.2) is 0 Å². The lowest BCUT2D eigenvalue weighted by atomic mass is 9.97. The monoisotopic (exact) mass is 358 g/mol. The van der Waals surface area contributed by atoms with Crippen LogP contribution in [0.1, 0.15) is 42.5 Å². The van der Waals surface area contributed by atoms with Gasteiger partial charge < -0.3 is 10.6 Å². The van der Waals surface area contributed by atoms with E-state index in [1.807, 2.05) is 0 Å². The summed E-state index contributed by atoms with van der Waals surface area (Å²) < 4.78 is 27.2. The Morgan fingerprint density at radius 2 is 1.85 bits per heavy atom. The maximum absolute atomic E-state index is 13.6. The van der Waals surface area contributed by atoms with Crippen molar-refractivity contribution in [3.63, 3.8) is 0 Å². The number of nitrogens with one attached hydrogen (secondary N) is 2. The van der Waals surface area contributed by atoms with Crippen molar-refractivity contribution in [3.05, 3.63) is 59.4 Å². The van der Waals surface area contributed by atoms with E-state index in [1.54, 1.807) is 0 Å². The zero-order valence-electron chi connectivity index (χ0n) is 14.3. The fourth-order valence-corrected chi connectivity index (χ4v) is 2.81. The fraction of sp³-hybridized carbons (Fsp3) is 0.316. The number of aromatic nitrogens is 2. The number of benzene rings is 1. The predicted molar refractivity (Wildman–Crippen MR) is 95.2 cm³/mol. The second kappa shape index (κ2) is 8.51. The van der Waals surface area contributed by atoms with E-state index in [-0.39, 0.29) is 17.5 Å². The number of anilines is 2. The van der Waals surface area contributed by atoms with Crippen molar-refractivity contribution in [2.24, 2.45) is 0 Å². The van der Waals surface area contributed by atoms with Crippen LogP contribution in [0.4, 0.5) is 20.4 Å². The Morgan fingerprint density at radius 1 is 1.12 bits per heavy atom. The summed E-state index contributed by atoms with van der Waals surface area (Å²) in [6.07, 6.45) is 10.4. The minimum absolute atomic E-state index is 0.0120. The van der Waals surface area contributed by atoms with Crippen LogP contribution in [-0.4, -0.2) is 22.4 Å². The van der Waals surface area contributed by atoms with Crippen molar-refractivity contribution in [2.45, 2.75) is 32.1 Å². The number of nitrogens with zero attached hydrogens (tertiary/aromatic N) is 2. The molecule has 0 fully saturated rings. The van der Waals surface area contributed by atoms with Gasteiger partial charge in [0, 0.05) is 18.9 Å². The summed E-state index contributed by atoms with van der Waals surface area (Å²) in [5, 5.41) is 5.31. The number of hydrogen-bond donors (Lipinski definition) is 2.